The Hall–Kier alpha value is -2.30. The van der Waals surface area contributed by atoms with Gasteiger partial charge in [0.2, 0.25) is 0 Å². The Balaban J connectivity index is 1.85. The SMILES string of the molecule is NNC(CCc1ccccn1)c1cccc2ncccc12. The Morgan fingerprint density at radius 2 is 1.86 bits per heavy atom. The molecule has 0 fully saturated rings. The minimum atomic E-state index is 0.0832. The van der Waals surface area contributed by atoms with E-state index in [4.69, 9.17) is 5.84 Å². The summed E-state index contributed by atoms with van der Waals surface area (Å²) in [5.74, 6) is 5.77. The van der Waals surface area contributed by atoms with Crippen molar-refractivity contribution in [1.82, 2.24) is 15.4 Å². The van der Waals surface area contributed by atoms with E-state index in [0.717, 1.165) is 29.4 Å². The van der Waals surface area contributed by atoms with E-state index in [0.29, 0.717) is 0 Å². The van der Waals surface area contributed by atoms with Crippen molar-refractivity contribution < 1.29 is 0 Å². The summed E-state index contributed by atoms with van der Waals surface area (Å²) in [7, 11) is 0. The average Bonchev–Trinajstić information content (AvgIpc) is 2.56. The number of hydrazine groups is 1. The lowest BCUT2D eigenvalue weighted by atomic mass is 9.97. The van der Waals surface area contributed by atoms with Gasteiger partial charge in [0.15, 0.2) is 0 Å². The van der Waals surface area contributed by atoms with Crippen molar-refractivity contribution in [3.8, 4) is 0 Å². The topological polar surface area (TPSA) is 63.8 Å². The number of rotatable bonds is 5. The van der Waals surface area contributed by atoms with E-state index in [1.54, 1.807) is 0 Å². The second-order valence-electron chi connectivity index (χ2n) is 5.00. The fraction of sp³-hybridized carbons (Fsp3) is 0.176. The van der Waals surface area contributed by atoms with Crippen molar-refractivity contribution in [2.24, 2.45) is 5.84 Å². The Morgan fingerprint density at radius 3 is 2.67 bits per heavy atom. The van der Waals surface area contributed by atoms with E-state index in [9.17, 15) is 0 Å². The Labute approximate surface area is 124 Å². The van der Waals surface area contributed by atoms with Crippen LogP contribution in [0.1, 0.15) is 23.7 Å². The molecule has 0 aliphatic heterocycles. The normalized spacial score (nSPS) is 12.4. The average molecular weight is 278 g/mol. The van der Waals surface area contributed by atoms with Crippen molar-refractivity contribution in [1.29, 1.82) is 0 Å². The van der Waals surface area contributed by atoms with Gasteiger partial charge in [-0.25, -0.2) is 0 Å². The molecule has 3 rings (SSSR count). The lowest BCUT2D eigenvalue weighted by Crippen LogP contribution is -2.28. The summed E-state index contributed by atoms with van der Waals surface area (Å²) in [5, 5.41) is 1.14. The van der Waals surface area contributed by atoms with Crippen LogP contribution < -0.4 is 11.3 Å². The zero-order valence-electron chi connectivity index (χ0n) is 11.7. The number of pyridine rings is 2. The zero-order valence-corrected chi connectivity index (χ0v) is 11.7. The summed E-state index contributed by atoms with van der Waals surface area (Å²) < 4.78 is 0. The Kier molecular flexibility index (Phi) is 4.19. The molecule has 3 N–H and O–H groups in total. The van der Waals surface area contributed by atoms with Gasteiger partial charge in [0.1, 0.15) is 0 Å². The number of fused-ring (bicyclic) bond motifs is 1. The molecular formula is C17H18N4. The third-order valence-electron chi connectivity index (χ3n) is 3.67. The molecule has 4 heteroatoms. The van der Waals surface area contributed by atoms with Crippen LogP contribution in [-0.4, -0.2) is 9.97 Å². The molecule has 0 saturated carbocycles. The highest BCUT2D eigenvalue weighted by Crippen LogP contribution is 2.25. The maximum atomic E-state index is 5.77. The maximum Gasteiger partial charge on any atom is 0.0705 e. The molecule has 0 spiro atoms. The van der Waals surface area contributed by atoms with E-state index in [2.05, 4.69) is 27.5 Å². The molecule has 1 unspecified atom stereocenters. The quantitative estimate of drug-likeness (QED) is 0.556. The molecule has 0 amide bonds. The lowest BCUT2D eigenvalue weighted by Gasteiger charge is -2.18. The van der Waals surface area contributed by atoms with Crippen LogP contribution in [0, 0.1) is 0 Å². The highest BCUT2D eigenvalue weighted by Gasteiger charge is 2.13. The van der Waals surface area contributed by atoms with Crippen molar-refractivity contribution >= 4 is 10.9 Å². The van der Waals surface area contributed by atoms with E-state index >= 15 is 0 Å². The molecule has 1 aromatic carbocycles. The number of hydrogen-bond acceptors (Lipinski definition) is 4. The summed E-state index contributed by atoms with van der Waals surface area (Å²) in [4.78, 5) is 8.76. The number of nitrogens with two attached hydrogens (primary N) is 1. The number of nitrogens with one attached hydrogen (secondary N) is 1. The van der Waals surface area contributed by atoms with Gasteiger partial charge in [-0.05, 0) is 42.7 Å². The number of hydrogen-bond donors (Lipinski definition) is 2. The first-order valence-electron chi connectivity index (χ1n) is 7.08. The molecule has 21 heavy (non-hydrogen) atoms. The monoisotopic (exact) mass is 278 g/mol. The minimum Gasteiger partial charge on any atom is -0.271 e. The van der Waals surface area contributed by atoms with Gasteiger partial charge in [0, 0.05) is 29.5 Å². The first-order chi connectivity index (χ1) is 10.4. The molecule has 2 aromatic heterocycles. The number of nitrogens with zero attached hydrogens (tertiary/aromatic N) is 2. The number of aromatic nitrogens is 2. The predicted octanol–water partition coefficient (Wildman–Crippen LogP) is 2.77. The first kappa shape index (κ1) is 13.7. The predicted molar refractivity (Wildman–Crippen MR) is 84.4 cm³/mol. The molecule has 2 heterocycles. The van der Waals surface area contributed by atoms with Crippen LogP contribution >= 0.6 is 0 Å². The van der Waals surface area contributed by atoms with Crippen LogP contribution in [0.3, 0.4) is 0 Å². The summed E-state index contributed by atoms with van der Waals surface area (Å²) >= 11 is 0. The van der Waals surface area contributed by atoms with Gasteiger partial charge in [0.25, 0.3) is 0 Å². The third kappa shape index (κ3) is 3.07. The van der Waals surface area contributed by atoms with E-state index < -0.39 is 0 Å². The van der Waals surface area contributed by atoms with E-state index in [1.807, 2.05) is 48.8 Å². The Morgan fingerprint density at radius 1 is 0.952 bits per heavy atom. The fourth-order valence-corrected chi connectivity index (χ4v) is 2.60. The standard InChI is InChI=1S/C17H18N4/c18-21-17(10-9-13-5-1-2-11-19-13)15-6-3-8-16-14(15)7-4-12-20-16/h1-8,11-12,17,21H,9-10,18H2. The summed E-state index contributed by atoms with van der Waals surface area (Å²) in [6, 6.07) is 16.3. The van der Waals surface area contributed by atoms with Crippen molar-refractivity contribution in [3.05, 3.63) is 72.2 Å². The van der Waals surface area contributed by atoms with Crippen LogP contribution in [-0.2, 0) is 6.42 Å². The lowest BCUT2D eigenvalue weighted by molar-refractivity contribution is 0.517. The van der Waals surface area contributed by atoms with Gasteiger partial charge in [-0.15, -0.1) is 0 Å². The van der Waals surface area contributed by atoms with Crippen LogP contribution in [0.25, 0.3) is 10.9 Å². The number of benzene rings is 1. The van der Waals surface area contributed by atoms with Crippen LogP contribution in [0.5, 0.6) is 0 Å². The minimum absolute atomic E-state index is 0.0832. The van der Waals surface area contributed by atoms with Gasteiger partial charge < -0.3 is 0 Å². The van der Waals surface area contributed by atoms with E-state index in [-0.39, 0.29) is 6.04 Å². The summed E-state index contributed by atoms with van der Waals surface area (Å²) in [5.41, 5.74) is 6.18. The Bertz CT molecular complexity index is 707. The van der Waals surface area contributed by atoms with Gasteiger partial charge >= 0.3 is 0 Å². The molecule has 3 aromatic rings. The van der Waals surface area contributed by atoms with Crippen molar-refractivity contribution in [3.63, 3.8) is 0 Å². The molecular weight excluding hydrogens is 260 g/mol. The second-order valence-corrected chi connectivity index (χ2v) is 5.00. The van der Waals surface area contributed by atoms with Crippen LogP contribution in [0.15, 0.2) is 60.9 Å². The molecule has 0 aliphatic rings. The first-order valence-corrected chi connectivity index (χ1v) is 7.08. The van der Waals surface area contributed by atoms with Gasteiger partial charge in [0.05, 0.1) is 5.52 Å². The third-order valence-corrected chi connectivity index (χ3v) is 3.67. The molecule has 4 nitrogen and oxygen atoms in total. The number of aryl methyl sites for hydroxylation is 1. The van der Waals surface area contributed by atoms with Crippen molar-refractivity contribution in [2.75, 3.05) is 0 Å². The maximum absolute atomic E-state index is 5.77. The molecule has 0 radical (unpaired) electrons. The van der Waals surface area contributed by atoms with Gasteiger partial charge in [-0.3, -0.25) is 21.2 Å². The van der Waals surface area contributed by atoms with Crippen LogP contribution in [0.2, 0.25) is 0 Å². The smallest absolute Gasteiger partial charge is 0.0705 e. The molecule has 0 bridgehead atoms. The molecule has 106 valence electrons. The van der Waals surface area contributed by atoms with Gasteiger partial charge in [-0.2, -0.15) is 0 Å². The zero-order chi connectivity index (χ0) is 14.5. The highest BCUT2D eigenvalue weighted by molar-refractivity contribution is 5.82. The molecule has 1 atom stereocenters. The van der Waals surface area contributed by atoms with Gasteiger partial charge in [-0.1, -0.05) is 24.3 Å². The van der Waals surface area contributed by atoms with E-state index in [1.165, 1.54) is 5.56 Å². The largest absolute Gasteiger partial charge is 0.271 e. The molecule has 0 saturated heterocycles. The summed E-state index contributed by atoms with van der Waals surface area (Å²) in [6.45, 7) is 0. The fourth-order valence-electron chi connectivity index (χ4n) is 2.60. The van der Waals surface area contributed by atoms with Crippen LogP contribution in [0.4, 0.5) is 0 Å². The van der Waals surface area contributed by atoms with Crippen molar-refractivity contribution in [2.45, 2.75) is 18.9 Å². The summed E-state index contributed by atoms with van der Waals surface area (Å²) in [6.07, 6.45) is 5.40. The molecule has 0 aliphatic carbocycles. The highest BCUT2D eigenvalue weighted by atomic mass is 15.2. The second kappa shape index (κ2) is 6.43.